The molecule has 138 valence electrons. The number of aliphatic hydroxyl groups is 1. The number of aromatic nitrogens is 1. The van der Waals surface area contributed by atoms with Gasteiger partial charge in [-0.1, -0.05) is 6.07 Å². The van der Waals surface area contributed by atoms with E-state index < -0.39 is 17.5 Å². The van der Waals surface area contributed by atoms with Crippen molar-refractivity contribution in [2.75, 3.05) is 13.1 Å². The first-order chi connectivity index (χ1) is 11.7. The summed E-state index contributed by atoms with van der Waals surface area (Å²) in [5.41, 5.74) is -1.98. The van der Waals surface area contributed by atoms with Gasteiger partial charge in [0.25, 0.3) is 0 Å². The number of guanidine groups is 1. The highest BCUT2D eigenvalue weighted by Gasteiger charge is 2.33. The fourth-order valence-corrected chi connectivity index (χ4v) is 3.44. The first kappa shape index (κ1) is 19.7. The number of thiazole rings is 1. The summed E-state index contributed by atoms with van der Waals surface area (Å²) in [7, 11) is 0. The molecule has 2 heterocycles. The second-order valence-corrected chi connectivity index (χ2v) is 7.31. The minimum Gasteiger partial charge on any atom is -0.383 e. The molecule has 25 heavy (non-hydrogen) atoms. The van der Waals surface area contributed by atoms with Crippen molar-refractivity contribution < 1.29 is 18.3 Å². The molecule has 2 rings (SSSR count). The van der Waals surface area contributed by atoms with Crippen LogP contribution in [0.2, 0.25) is 0 Å². The molecular formula is C15H19F3N4OS2. The highest BCUT2D eigenvalue weighted by atomic mass is 32.1. The lowest BCUT2D eigenvalue weighted by Gasteiger charge is -2.23. The fourth-order valence-electron chi connectivity index (χ4n) is 1.93. The molecule has 5 nitrogen and oxygen atoms in total. The van der Waals surface area contributed by atoms with Crippen LogP contribution in [0.15, 0.2) is 27.9 Å². The molecule has 1 unspecified atom stereocenters. The number of thiophene rings is 1. The molecule has 2 aromatic heterocycles. The van der Waals surface area contributed by atoms with Gasteiger partial charge in [-0.05, 0) is 25.3 Å². The van der Waals surface area contributed by atoms with Gasteiger partial charge in [-0.2, -0.15) is 13.2 Å². The van der Waals surface area contributed by atoms with Gasteiger partial charge < -0.3 is 15.7 Å². The molecular weight excluding hydrogens is 373 g/mol. The summed E-state index contributed by atoms with van der Waals surface area (Å²) in [6, 6.07) is 3.69. The lowest BCUT2D eigenvalue weighted by Crippen LogP contribution is -2.44. The Balaban J connectivity index is 2.00. The molecule has 2 aromatic rings. The second-order valence-electron chi connectivity index (χ2n) is 5.42. The molecule has 0 radical (unpaired) electrons. The number of halogens is 3. The van der Waals surface area contributed by atoms with Crippen LogP contribution in [0.5, 0.6) is 0 Å². The molecule has 0 saturated carbocycles. The van der Waals surface area contributed by atoms with Gasteiger partial charge in [0.05, 0.1) is 13.1 Å². The van der Waals surface area contributed by atoms with Crippen LogP contribution >= 0.6 is 22.7 Å². The number of nitrogens with one attached hydrogen (secondary N) is 2. The lowest BCUT2D eigenvalue weighted by atomic mass is 10.1. The zero-order valence-corrected chi connectivity index (χ0v) is 15.4. The van der Waals surface area contributed by atoms with Gasteiger partial charge in [-0.25, -0.2) is 9.98 Å². The van der Waals surface area contributed by atoms with Crippen LogP contribution in [0, 0.1) is 0 Å². The van der Waals surface area contributed by atoms with Crippen molar-refractivity contribution in [3.05, 3.63) is 38.5 Å². The van der Waals surface area contributed by atoms with Crippen molar-refractivity contribution in [3.8, 4) is 0 Å². The molecule has 3 N–H and O–H groups in total. The third-order valence-electron chi connectivity index (χ3n) is 3.21. The average molecular weight is 392 g/mol. The molecule has 0 aliphatic carbocycles. The number of hydrogen-bond donors (Lipinski definition) is 3. The highest BCUT2D eigenvalue weighted by Crippen LogP contribution is 2.30. The average Bonchev–Trinajstić information content (AvgIpc) is 3.20. The van der Waals surface area contributed by atoms with Crippen LogP contribution in [-0.2, 0) is 18.3 Å². The topological polar surface area (TPSA) is 69.5 Å². The fraction of sp³-hybridized carbons (Fsp3) is 0.467. The second kappa shape index (κ2) is 8.15. The molecule has 0 aromatic carbocycles. The Bertz CT molecular complexity index is 696. The Hall–Kier alpha value is -1.65. The Morgan fingerprint density at radius 2 is 2.08 bits per heavy atom. The van der Waals surface area contributed by atoms with Crippen LogP contribution in [-0.4, -0.2) is 29.1 Å². The third kappa shape index (κ3) is 5.68. The maximum Gasteiger partial charge on any atom is 0.434 e. The van der Waals surface area contributed by atoms with Gasteiger partial charge in [0, 0.05) is 16.8 Å². The maximum atomic E-state index is 12.6. The van der Waals surface area contributed by atoms with Gasteiger partial charge in [-0.15, -0.1) is 22.7 Å². The predicted octanol–water partition coefficient (Wildman–Crippen LogP) is 3.19. The summed E-state index contributed by atoms with van der Waals surface area (Å²) < 4.78 is 37.7. The van der Waals surface area contributed by atoms with E-state index in [0.29, 0.717) is 12.5 Å². The molecule has 0 fully saturated rings. The largest absolute Gasteiger partial charge is 0.434 e. The van der Waals surface area contributed by atoms with E-state index in [9.17, 15) is 18.3 Å². The summed E-state index contributed by atoms with van der Waals surface area (Å²) in [5, 5.41) is 19.6. The van der Waals surface area contributed by atoms with E-state index in [0.717, 1.165) is 21.6 Å². The SMILES string of the molecule is CCNC(=NCc1nc(C(F)(F)F)cs1)NCC(C)(O)c1cccs1. The zero-order valence-electron chi connectivity index (χ0n) is 13.7. The minimum absolute atomic E-state index is 0.0250. The summed E-state index contributed by atoms with van der Waals surface area (Å²) in [4.78, 5) is 8.59. The van der Waals surface area contributed by atoms with E-state index in [2.05, 4.69) is 20.6 Å². The molecule has 0 saturated heterocycles. The van der Waals surface area contributed by atoms with Gasteiger partial charge in [0.15, 0.2) is 11.7 Å². The van der Waals surface area contributed by atoms with Crippen molar-refractivity contribution in [1.82, 2.24) is 15.6 Å². The van der Waals surface area contributed by atoms with E-state index >= 15 is 0 Å². The van der Waals surface area contributed by atoms with Crippen molar-refractivity contribution in [1.29, 1.82) is 0 Å². The lowest BCUT2D eigenvalue weighted by molar-refractivity contribution is -0.140. The van der Waals surface area contributed by atoms with Gasteiger partial charge in [0.2, 0.25) is 0 Å². The van der Waals surface area contributed by atoms with E-state index in [-0.39, 0.29) is 18.1 Å². The Morgan fingerprint density at radius 1 is 1.32 bits per heavy atom. The zero-order chi connectivity index (χ0) is 18.5. The number of alkyl halides is 3. The monoisotopic (exact) mass is 392 g/mol. The van der Waals surface area contributed by atoms with Crippen LogP contribution in [0.25, 0.3) is 0 Å². The Labute approximate surface area is 151 Å². The van der Waals surface area contributed by atoms with Gasteiger partial charge >= 0.3 is 6.18 Å². The van der Waals surface area contributed by atoms with Gasteiger partial charge in [0.1, 0.15) is 10.6 Å². The summed E-state index contributed by atoms with van der Waals surface area (Å²) in [5.74, 6) is 0.406. The van der Waals surface area contributed by atoms with Crippen LogP contribution in [0.3, 0.4) is 0 Å². The Morgan fingerprint density at radius 3 is 2.64 bits per heavy atom. The van der Waals surface area contributed by atoms with Crippen LogP contribution in [0.4, 0.5) is 13.2 Å². The molecule has 0 aliphatic heterocycles. The maximum absolute atomic E-state index is 12.6. The van der Waals surface area contributed by atoms with Crippen molar-refractivity contribution >= 4 is 28.6 Å². The first-order valence-electron chi connectivity index (χ1n) is 7.52. The molecule has 1 atom stereocenters. The smallest absolute Gasteiger partial charge is 0.383 e. The van der Waals surface area contributed by atoms with E-state index in [4.69, 9.17) is 0 Å². The molecule has 0 bridgehead atoms. The molecule has 0 spiro atoms. The van der Waals surface area contributed by atoms with E-state index in [1.165, 1.54) is 11.3 Å². The number of aliphatic imine (C=N–C) groups is 1. The summed E-state index contributed by atoms with van der Waals surface area (Å²) >= 11 is 2.36. The number of hydrogen-bond acceptors (Lipinski definition) is 5. The molecule has 10 heteroatoms. The van der Waals surface area contributed by atoms with Crippen LogP contribution < -0.4 is 10.6 Å². The van der Waals surface area contributed by atoms with Gasteiger partial charge in [-0.3, -0.25) is 0 Å². The van der Waals surface area contributed by atoms with E-state index in [1.807, 2.05) is 24.4 Å². The van der Waals surface area contributed by atoms with Crippen molar-refractivity contribution in [3.63, 3.8) is 0 Å². The normalized spacial score (nSPS) is 15.0. The third-order valence-corrected chi connectivity index (χ3v) is 5.17. The van der Waals surface area contributed by atoms with Crippen molar-refractivity contribution in [2.45, 2.75) is 32.2 Å². The quantitative estimate of drug-likeness (QED) is 0.522. The summed E-state index contributed by atoms with van der Waals surface area (Å²) in [6.45, 7) is 4.38. The number of rotatable bonds is 6. The standard InChI is InChI=1S/C15H19F3N4OS2/c1-3-19-13(21-9-14(2,23)11-5-4-6-24-11)20-7-12-22-10(8-25-12)15(16,17)18/h4-6,8,23H,3,7,9H2,1-2H3,(H2,19,20,21). The van der Waals surface area contributed by atoms with Crippen LogP contribution in [0.1, 0.15) is 29.4 Å². The molecule has 0 amide bonds. The molecule has 0 aliphatic rings. The summed E-state index contributed by atoms with van der Waals surface area (Å²) in [6.07, 6.45) is -4.44. The van der Waals surface area contributed by atoms with Crippen molar-refractivity contribution in [2.24, 2.45) is 4.99 Å². The van der Waals surface area contributed by atoms with E-state index in [1.54, 1.807) is 6.92 Å². The Kier molecular flexibility index (Phi) is 6.42. The first-order valence-corrected chi connectivity index (χ1v) is 9.28. The highest BCUT2D eigenvalue weighted by molar-refractivity contribution is 7.10. The minimum atomic E-state index is -4.44. The predicted molar refractivity (Wildman–Crippen MR) is 93.8 cm³/mol. The number of nitrogens with zero attached hydrogens (tertiary/aromatic N) is 2.